The number of nitrogen functional groups attached to an aromatic ring is 1. The van der Waals surface area contributed by atoms with E-state index in [1.807, 2.05) is 13.8 Å². The molecule has 0 unspecified atom stereocenters. The molecule has 0 saturated carbocycles. The van der Waals surface area contributed by atoms with E-state index >= 15 is 0 Å². The van der Waals surface area contributed by atoms with Crippen molar-refractivity contribution in [2.24, 2.45) is 0 Å². The largest absolute Gasteiger partial charge is 0.395 e. The van der Waals surface area contributed by atoms with Gasteiger partial charge >= 0.3 is 0 Å². The average molecular weight is 279 g/mol. The van der Waals surface area contributed by atoms with Gasteiger partial charge in [-0.05, 0) is 33.2 Å². The van der Waals surface area contributed by atoms with E-state index in [0.29, 0.717) is 17.9 Å². The Morgan fingerprint density at radius 1 is 1.35 bits per heavy atom. The van der Waals surface area contributed by atoms with E-state index in [9.17, 15) is 4.79 Å². The molecule has 1 saturated heterocycles. The van der Waals surface area contributed by atoms with Crippen molar-refractivity contribution in [3.63, 3.8) is 0 Å². The Morgan fingerprint density at radius 2 is 2.00 bits per heavy atom. The number of amides is 1. The normalized spacial score (nSPS) is 17.4. The average Bonchev–Trinajstić information content (AvgIpc) is 2.75. The number of hydrogen-bond acceptors (Lipinski definition) is 4. The maximum Gasteiger partial charge on any atom is 0.271 e. The summed E-state index contributed by atoms with van der Waals surface area (Å²) in [6.07, 6.45) is 2.00. The number of nitrogens with zero attached hydrogens (tertiary/aromatic N) is 3. The number of nitrogens with two attached hydrogens (primary N) is 1. The molecule has 0 bridgehead atoms. The lowest BCUT2D eigenvalue weighted by Crippen LogP contribution is -2.45. The third-order valence-corrected chi connectivity index (χ3v) is 4.06. The van der Waals surface area contributed by atoms with Gasteiger partial charge in [-0.2, -0.15) is 5.10 Å². The van der Waals surface area contributed by atoms with Gasteiger partial charge in [0.2, 0.25) is 0 Å². The minimum atomic E-state index is -0.0973. The summed E-state index contributed by atoms with van der Waals surface area (Å²) in [6, 6.07) is 0.241. The highest BCUT2D eigenvalue weighted by Gasteiger charge is 2.24. The summed E-state index contributed by atoms with van der Waals surface area (Å²) < 4.78 is 1.68. The summed E-state index contributed by atoms with van der Waals surface area (Å²) >= 11 is 0. The van der Waals surface area contributed by atoms with Crippen LogP contribution in [-0.4, -0.2) is 46.3 Å². The molecule has 1 aromatic heterocycles. The van der Waals surface area contributed by atoms with Gasteiger partial charge in [-0.15, -0.1) is 0 Å². The van der Waals surface area contributed by atoms with Crippen LogP contribution in [0.25, 0.3) is 0 Å². The number of likely N-dealkylation sites (tertiary alicyclic amines) is 1. The quantitative estimate of drug-likeness (QED) is 0.862. The molecule has 3 N–H and O–H groups in total. The molecule has 6 nitrogen and oxygen atoms in total. The van der Waals surface area contributed by atoms with Crippen molar-refractivity contribution in [2.45, 2.75) is 46.2 Å². The molecule has 2 rings (SSSR count). The summed E-state index contributed by atoms with van der Waals surface area (Å²) in [6.45, 7) is 9.78. The molecule has 0 atom stereocenters. The van der Waals surface area contributed by atoms with Crippen molar-refractivity contribution in [2.75, 3.05) is 25.4 Å². The van der Waals surface area contributed by atoms with Crippen LogP contribution >= 0.6 is 0 Å². The second-order valence-electron chi connectivity index (χ2n) is 5.35. The molecule has 0 spiro atoms. The van der Waals surface area contributed by atoms with Crippen molar-refractivity contribution in [1.29, 1.82) is 0 Å². The Hall–Kier alpha value is -1.56. The van der Waals surface area contributed by atoms with E-state index < -0.39 is 0 Å². The van der Waals surface area contributed by atoms with Crippen molar-refractivity contribution in [3.05, 3.63) is 11.4 Å². The number of aryl methyl sites for hydroxylation is 2. The predicted molar refractivity (Wildman–Crippen MR) is 79.7 cm³/mol. The van der Waals surface area contributed by atoms with Gasteiger partial charge in [0.1, 0.15) is 5.69 Å². The second-order valence-corrected chi connectivity index (χ2v) is 5.35. The molecule has 2 heterocycles. The van der Waals surface area contributed by atoms with Gasteiger partial charge < -0.3 is 16.0 Å². The molecule has 1 aliphatic heterocycles. The number of rotatable bonds is 4. The molecule has 112 valence electrons. The first-order valence-corrected chi connectivity index (χ1v) is 7.42. The molecule has 1 fully saturated rings. The van der Waals surface area contributed by atoms with Gasteiger partial charge in [0.15, 0.2) is 0 Å². The molecular weight excluding hydrogens is 254 g/mol. The monoisotopic (exact) mass is 279 g/mol. The van der Waals surface area contributed by atoms with Crippen LogP contribution in [0.4, 0.5) is 5.69 Å². The predicted octanol–water partition coefficient (Wildman–Crippen LogP) is 1.01. The zero-order chi connectivity index (χ0) is 14.7. The third kappa shape index (κ3) is 2.95. The van der Waals surface area contributed by atoms with Crippen LogP contribution < -0.4 is 11.1 Å². The minimum Gasteiger partial charge on any atom is -0.395 e. The van der Waals surface area contributed by atoms with Gasteiger partial charge in [-0.3, -0.25) is 9.48 Å². The van der Waals surface area contributed by atoms with Crippen molar-refractivity contribution >= 4 is 11.6 Å². The number of anilines is 1. The number of piperidine rings is 1. The maximum absolute atomic E-state index is 12.4. The van der Waals surface area contributed by atoms with E-state index in [1.54, 1.807) is 4.68 Å². The highest BCUT2D eigenvalue weighted by Crippen LogP contribution is 2.17. The molecule has 1 aromatic rings. The van der Waals surface area contributed by atoms with E-state index in [4.69, 9.17) is 5.73 Å². The maximum atomic E-state index is 12.4. The molecule has 20 heavy (non-hydrogen) atoms. The minimum absolute atomic E-state index is 0.0973. The number of carbonyl (C=O) groups excluding carboxylic acids is 1. The number of hydrogen-bond donors (Lipinski definition) is 2. The van der Waals surface area contributed by atoms with Gasteiger partial charge in [0.25, 0.3) is 5.91 Å². The fourth-order valence-electron chi connectivity index (χ4n) is 2.71. The lowest BCUT2D eigenvalue weighted by Gasteiger charge is -2.31. The van der Waals surface area contributed by atoms with Crippen molar-refractivity contribution in [1.82, 2.24) is 20.0 Å². The highest BCUT2D eigenvalue weighted by atomic mass is 16.2. The van der Waals surface area contributed by atoms with Crippen LogP contribution in [0.15, 0.2) is 0 Å². The first-order chi connectivity index (χ1) is 9.56. The van der Waals surface area contributed by atoms with Gasteiger partial charge in [0, 0.05) is 25.7 Å². The second kappa shape index (κ2) is 6.26. The fourth-order valence-corrected chi connectivity index (χ4v) is 2.71. The lowest BCUT2D eigenvalue weighted by molar-refractivity contribution is 0.0903. The van der Waals surface area contributed by atoms with Crippen LogP contribution in [0.1, 0.15) is 42.9 Å². The summed E-state index contributed by atoms with van der Waals surface area (Å²) in [5.74, 6) is -0.0973. The van der Waals surface area contributed by atoms with Crippen LogP contribution in [-0.2, 0) is 6.54 Å². The summed E-state index contributed by atoms with van der Waals surface area (Å²) in [4.78, 5) is 14.8. The smallest absolute Gasteiger partial charge is 0.271 e. The zero-order valence-corrected chi connectivity index (χ0v) is 12.6. The van der Waals surface area contributed by atoms with Crippen molar-refractivity contribution in [3.8, 4) is 0 Å². The Bertz CT molecular complexity index is 474. The highest BCUT2D eigenvalue weighted by molar-refractivity contribution is 5.98. The van der Waals surface area contributed by atoms with Gasteiger partial charge in [0.05, 0.1) is 11.4 Å². The third-order valence-electron chi connectivity index (χ3n) is 4.06. The molecule has 1 amide bonds. The standard InChI is InChI=1S/C14H25N5O/c1-4-18-8-6-11(7-9-18)16-14(20)13-12(15)10(3)17-19(13)5-2/h11H,4-9,15H2,1-3H3,(H,16,20). The Balaban J connectivity index is 2.02. The summed E-state index contributed by atoms with van der Waals surface area (Å²) in [5.41, 5.74) is 7.69. The Morgan fingerprint density at radius 3 is 2.55 bits per heavy atom. The van der Waals surface area contributed by atoms with E-state index in [-0.39, 0.29) is 11.9 Å². The number of aromatic nitrogens is 2. The number of nitrogens with one attached hydrogen (secondary N) is 1. The topological polar surface area (TPSA) is 76.2 Å². The summed E-state index contributed by atoms with van der Waals surface area (Å²) in [5, 5.41) is 7.39. The van der Waals surface area contributed by atoms with Crippen LogP contribution in [0.5, 0.6) is 0 Å². The van der Waals surface area contributed by atoms with E-state index in [1.165, 1.54) is 0 Å². The molecule has 0 aliphatic carbocycles. The Labute approximate surface area is 120 Å². The van der Waals surface area contributed by atoms with Crippen LogP contribution in [0.2, 0.25) is 0 Å². The zero-order valence-electron chi connectivity index (χ0n) is 12.6. The van der Waals surface area contributed by atoms with Gasteiger partial charge in [-0.25, -0.2) is 0 Å². The van der Waals surface area contributed by atoms with E-state index in [0.717, 1.165) is 38.2 Å². The first-order valence-electron chi connectivity index (χ1n) is 7.42. The molecule has 0 aromatic carbocycles. The first kappa shape index (κ1) is 14.8. The molecule has 0 radical (unpaired) electrons. The summed E-state index contributed by atoms with van der Waals surface area (Å²) in [7, 11) is 0. The lowest BCUT2D eigenvalue weighted by atomic mass is 10.0. The SMILES string of the molecule is CCN1CCC(NC(=O)c2c(N)c(C)nn2CC)CC1. The molecule has 6 heteroatoms. The molecule has 1 aliphatic rings. The van der Waals surface area contributed by atoms with Crippen LogP contribution in [0.3, 0.4) is 0 Å². The fraction of sp³-hybridized carbons (Fsp3) is 0.714. The molecular formula is C14H25N5O. The number of carbonyl (C=O) groups is 1. The van der Waals surface area contributed by atoms with Crippen LogP contribution in [0, 0.1) is 6.92 Å². The Kier molecular flexibility index (Phi) is 4.65. The van der Waals surface area contributed by atoms with Crippen molar-refractivity contribution < 1.29 is 4.79 Å². The van der Waals surface area contributed by atoms with Gasteiger partial charge in [-0.1, -0.05) is 6.92 Å². The van der Waals surface area contributed by atoms with E-state index in [2.05, 4.69) is 22.2 Å².